The van der Waals surface area contributed by atoms with E-state index in [2.05, 4.69) is 23.7 Å². The molecule has 6 nitrogen and oxygen atoms in total. The van der Waals surface area contributed by atoms with Gasteiger partial charge in [0.15, 0.2) is 0 Å². The van der Waals surface area contributed by atoms with E-state index in [-0.39, 0.29) is 12.0 Å². The number of ether oxygens (including phenoxy) is 1. The van der Waals surface area contributed by atoms with Crippen molar-refractivity contribution in [2.24, 2.45) is 5.92 Å². The zero-order valence-electron chi connectivity index (χ0n) is 16.8. The number of benzene rings is 1. The van der Waals surface area contributed by atoms with Gasteiger partial charge in [-0.15, -0.1) is 0 Å². The molecule has 0 radical (unpaired) electrons. The second-order valence-electron chi connectivity index (χ2n) is 8.20. The molecule has 28 heavy (non-hydrogen) atoms. The average molecular weight is 383 g/mol. The minimum absolute atomic E-state index is 0.183. The third kappa shape index (κ3) is 4.07. The molecule has 4 rings (SSSR count). The number of piperidine rings is 1. The number of carbonyl (C=O) groups is 1. The first-order valence-corrected chi connectivity index (χ1v) is 10.3. The normalized spacial score (nSPS) is 23.6. The number of aromatic nitrogens is 2. The number of imidazole rings is 1. The number of carbonyl (C=O) groups excluding carboxylic acids is 1. The number of rotatable bonds is 6. The Morgan fingerprint density at radius 2 is 1.96 bits per heavy atom. The Balaban J connectivity index is 1.35. The van der Waals surface area contributed by atoms with E-state index in [0.29, 0.717) is 24.5 Å². The third-order valence-corrected chi connectivity index (χ3v) is 6.10. The van der Waals surface area contributed by atoms with Gasteiger partial charge in [-0.3, -0.25) is 9.69 Å². The van der Waals surface area contributed by atoms with Crippen LogP contribution in [-0.4, -0.2) is 63.1 Å². The van der Waals surface area contributed by atoms with Crippen molar-refractivity contribution in [1.82, 2.24) is 19.4 Å². The first-order valence-electron chi connectivity index (χ1n) is 10.3. The van der Waals surface area contributed by atoms with Crippen LogP contribution in [0.1, 0.15) is 26.7 Å². The SMILES string of the molecule is CC(C)N1C[C@H](Oc2ccccc2)[C@@H]1C1CCN(C(=O)Cn2ccnc2)CC1. The van der Waals surface area contributed by atoms with E-state index in [4.69, 9.17) is 4.74 Å². The molecule has 1 aromatic carbocycles. The molecule has 150 valence electrons. The van der Waals surface area contributed by atoms with Gasteiger partial charge in [0.05, 0.1) is 12.4 Å². The van der Waals surface area contributed by atoms with Crippen molar-refractivity contribution in [2.75, 3.05) is 19.6 Å². The van der Waals surface area contributed by atoms with Gasteiger partial charge >= 0.3 is 0 Å². The molecule has 1 aromatic heterocycles. The summed E-state index contributed by atoms with van der Waals surface area (Å²) in [5.41, 5.74) is 0. The van der Waals surface area contributed by atoms with Crippen LogP contribution < -0.4 is 4.74 Å². The highest BCUT2D eigenvalue weighted by Gasteiger charge is 2.47. The lowest BCUT2D eigenvalue weighted by atomic mass is 9.79. The molecule has 2 aromatic rings. The number of nitrogens with zero attached hydrogens (tertiary/aromatic N) is 4. The fourth-order valence-corrected chi connectivity index (χ4v) is 4.55. The summed E-state index contributed by atoms with van der Waals surface area (Å²) in [6.07, 6.45) is 7.57. The molecule has 0 bridgehead atoms. The number of hydrogen-bond acceptors (Lipinski definition) is 4. The number of para-hydroxylation sites is 1. The highest BCUT2D eigenvalue weighted by molar-refractivity contribution is 5.76. The van der Waals surface area contributed by atoms with E-state index in [1.54, 1.807) is 12.5 Å². The van der Waals surface area contributed by atoms with Gasteiger partial charge in [0, 0.05) is 38.1 Å². The van der Waals surface area contributed by atoms with Crippen molar-refractivity contribution in [3.8, 4) is 5.75 Å². The van der Waals surface area contributed by atoms with E-state index in [9.17, 15) is 4.79 Å². The molecule has 2 atom stereocenters. The van der Waals surface area contributed by atoms with Crippen LogP contribution in [0.15, 0.2) is 49.1 Å². The first-order chi connectivity index (χ1) is 13.6. The lowest BCUT2D eigenvalue weighted by molar-refractivity contribution is -0.136. The molecule has 2 saturated heterocycles. The van der Waals surface area contributed by atoms with Gasteiger partial charge in [0.25, 0.3) is 0 Å². The third-order valence-electron chi connectivity index (χ3n) is 6.10. The van der Waals surface area contributed by atoms with Crippen LogP contribution in [0.2, 0.25) is 0 Å². The molecule has 1 amide bonds. The van der Waals surface area contributed by atoms with E-state index in [0.717, 1.165) is 38.2 Å². The van der Waals surface area contributed by atoms with Crippen molar-refractivity contribution in [2.45, 2.75) is 51.4 Å². The number of amides is 1. The molecule has 2 aliphatic rings. The van der Waals surface area contributed by atoms with Crippen LogP contribution in [-0.2, 0) is 11.3 Å². The largest absolute Gasteiger partial charge is 0.487 e. The van der Waals surface area contributed by atoms with Gasteiger partial charge in [-0.2, -0.15) is 0 Å². The fraction of sp³-hybridized carbons (Fsp3) is 0.545. The Morgan fingerprint density at radius 3 is 2.61 bits per heavy atom. The topological polar surface area (TPSA) is 50.6 Å². The second-order valence-corrected chi connectivity index (χ2v) is 8.20. The standard InChI is InChI=1S/C22H30N4O2/c1-17(2)26-14-20(28-19-6-4-3-5-7-19)22(26)18-8-11-25(12-9-18)21(27)15-24-13-10-23-16-24/h3-7,10,13,16-18,20,22H,8-9,11-12,14-15H2,1-2H3/t20-,22-/m0/s1. The molecular weight excluding hydrogens is 352 g/mol. The molecule has 0 N–H and O–H groups in total. The molecule has 3 heterocycles. The van der Waals surface area contributed by atoms with Crippen LogP contribution in [0.4, 0.5) is 0 Å². The van der Waals surface area contributed by atoms with Gasteiger partial charge in [-0.1, -0.05) is 18.2 Å². The molecule has 0 unspecified atom stereocenters. The van der Waals surface area contributed by atoms with E-state index < -0.39 is 0 Å². The van der Waals surface area contributed by atoms with Crippen LogP contribution in [0, 0.1) is 5.92 Å². The smallest absolute Gasteiger partial charge is 0.242 e. The molecular formula is C22H30N4O2. The van der Waals surface area contributed by atoms with Crippen LogP contribution in [0.25, 0.3) is 0 Å². The van der Waals surface area contributed by atoms with Crippen LogP contribution >= 0.6 is 0 Å². The Morgan fingerprint density at radius 1 is 1.21 bits per heavy atom. The summed E-state index contributed by atoms with van der Waals surface area (Å²) >= 11 is 0. The molecule has 2 aliphatic heterocycles. The van der Waals surface area contributed by atoms with Gasteiger partial charge in [-0.05, 0) is 44.7 Å². The van der Waals surface area contributed by atoms with Crippen molar-refractivity contribution < 1.29 is 9.53 Å². The van der Waals surface area contributed by atoms with Gasteiger partial charge in [-0.25, -0.2) is 4.98 Å². The zero-order chi connectivity index (χ0) is 19.5. The Labute approximate surface area is 167 Å². The van der Waals surface area contributed by atoms with Crippen LogP contribution in [0.5, 0.6) is 5.75 Å². The molecule has 2 fully saturated rings. The summed E-state index contributed by atoms with van der Waals surface area (Å²) in [7, 11) is 0. The Hall–Kier alpha value is -2.34. The Kier molecular flexibility index (Phi) is 5.67. The minimum Gasteiger partial charge on any atom is -0.487 e. The second kappa shape index (κ2) is 8.35. The van der Waals surface area contributed by atoms with E-state index >= 15 is 0 Å². The average Bonchev–Trinajstić information content (AvgIpc) is 3.19. The van der Waals surface area contributed by atoms with Crippen molar-refractivity contribution in [1.29, 1.82) is 0 Å². The maximum Gasteiger partial charge on any atom is 0.242 e. The summed E-state index contributed by atoms with van der Waals surface area (Å²) in [5.74, 6) is 1.71. The van der Waals surface area contributed by atoms with E-state index in [1.165, 1.54) is 0 Å². The van der Waals surface area contributed by atoms with Crippen molar-refractivity contribution in [3.05, 3.63) is 49.1 Å². The zero-order valence-corrected chi connectivity index (χ0v) is 16.8. The molecule has 6 heteroatoms. The van der Waals surface area contributed by atoms with E-state index in [1.807, 2.05) is 46.0 Å². The van der Waals surface area contributed by atoms with Crippen molar-refractivity contribution in [3.63, 3.8) is 0 Å². The fourth-order valence-electron chi connectivity index (χ4n) is 4.55. The summed E-state index contributed by atoms with van der Waals surface area (Å²) in [6, 6.07) is 11.1. The highest BCUT2D eigenvalue weighted by atomic mass is 16.5. The van der Waals surface area contributed by atoms with Crippen molar-refractivity contribution >= 4 is 5.91 Å². The van der Waals surface area contributed by atoms with Crippen LogP contribution in [0.3, 0.4) is 0 Å². The number of likely N-dealkylation sites (tertiary alicyclic amines) is 2. The molecule has 0 aliphatic carbocycles. The maximum absolute atomic E-state index is 12.5. The number of hydrogen-bond donors (Lipinski definition) is 0. The van der Waals surface area contributed by atoms with Gasteiger partial charge < -0.3 is 14.2 Å². The summed E-state index contributed by atoms with van der Waals surface area (Å²) in [5, 5.41) is 0. The summed E-state index contributed by atoms with van der Waals surface area (Å²) < 4.78 is 8.15. The monoisotopic (exact) mass is 382 g/mol. The summed E-state index contributed by atoms with van der Waals surface area (Å²) in [6.45, 7) is 7.55. The predicted octanol–water partition coefficient (Wildman–Crippen LogP) is 2.66. The van der Waals surface area contributed by atoms with Gasteiger partial charge in [0.1, 0.15) is 18.4 Å². The molecule has 0 saturated carbocycles. The highest BCUT2D eigenvalue weighted by Crippen LogP contribution is 2.36. The Bertz CT molecular complexity index is 754. The summed E-state index contributed by atoms with van der Waals surface area (Å²) in [4.78, 5) is 21.1. The quantitative estimate of drug-likeness (QED) is 0.771. The maximum atomic E-state index is 12.5. The minimum atomic E-state index is 0.183. The lowest BCUT2D eigenvalue weighted by Gasteiger charge is -2.54. The van der Waals surface area contributed by atoms with Gasteiger partial charge in [0.2, 0.25) is 5.91 Å². The first kappa shape index (κ1) is 19.0. The molecule has 0 spiro atoms. The predicted molar refractivity (Wildman–Crippen MR) is 108 cm³/mol. The lowest BCUT2D eigenvalue weighted by Crippen LogP contribution is -2.68.